The van der Waals surface area contributed by atoms with E-state index in [1.807, 2.05) is 6.07 Å². The zero-order valence-corrected chi connectivity index (χ0v) is 12.8. The van der Waals surface area contributed by atoms with Gasteiger partial charge in [-0.15, -0.1) is 0 Å². The summed E-state index contributed by atoms with van der Waals surface area (Å²) in [5.74, 6) is -0.903. The van der Waals surface area contributed by atoms with Crippen molar-refractivity contribution in [2.24, 2.45) is 0 Å². The summed E-state index contributed by atoms with van der Waals surface area (Å²) in [5.41, 5.74) is 1.79. The molecule has 1 heterocycles. The summed E-state index contributed by atoms with van der Waals surface area (Å²) in [7, 11) is 0. The Morgan fingerprint density at radius 2 is 1.74 bits per heavy atom. The molecule has 5 nitrogen and oxygen atoms in total. The molecular weight excluding hydrogens is 294 g/mol. The van der Waals surface area contributed by atoms with Gasteiger partial charge in [0, 0.05) is 11.1 Å². The molecule has 1 unspecified atom stereocenters. The van der Waals surface area contributed by atoms with E-state index in [1.165, 1.54) is 17.6 Å². The van der Waals surface area contributed by atoms with Crippen LogP contribution in [0, 0.1) is 0 Å². The number of hydrogen-bond donors (Lipinski definition) is 0. The van der Waals surface area contributed by atoms with Crippen LogP contribution in [0.15, 0.2) is 57.7 Å². The molecule has 0 saturated carbocycles. The monoisotopic (exact) mass is 309 g/mol. The number of oxazole rings is 1. The number of fused-ring (bicyclic) bond motifs is 1. The highest BCUT2D eigenvalue weighted by Crippen LogP contribution is 2.21. The second-order valence-electron chi connectivity index (χ2n) is 5.38. The van der Waals surface area contributed by atoms with Crippen molar-refractivity contribution >= 4 is 22.7 Å². The fourth-order valence-corrected chi connectivity index (χ4v) is 2.58. The maximum absolute atomic E-state index is 12.6. The van der Waals surface area contributed by atoms with Crippen LogP contribution >= 0.6 is 0 Å². The van der Waals surface area contributed by atoms with Gasteiger partial charge in [-0.25, -0.2) is 4.79 Å². The smallest absolute Gasteiger partial charge is 0.408 e. The van der Waals surface area contributed by atoms with E-state index in [4.69, 9.17) is 4.42 Å². The van der Waals surface area contributed by atoms with Crippen LogP contribution in [-0.4, -0.2) is 16.1 Å². The fraction of sp³-hybridized carbons (Fsp3) is 0.167. The zero-order chi connectivity index (χ0) is 16.6. The molecule has 0 N–H and O–H groups in total. The minimum absolute atomic E-state index is 0.115. The largest absolute Gasteiger partial charge is 0.420 e. The Kier molecular flexibility index (Phi) is 3.70. The van der Waals surface area contributed by atoms with E-state index < -0.39 is 11.8 Å². The van der Waals surface area contributed by atoms with Gasteiger partial charge in [-0.3, -0.25) is 14.2 Å². The lowest BCUT2D eigenvalue weighted by molar-refractivity contribution is 0.0932. The summed E-state index contributed by atoms with van der Waals surface area (Å²) >= 11 is 0. The van der Waals surface area contributed by atoms with E-state index in [9.17, 15) is 14.4 Å². The minimum Gasteiger partial charge on any atom is -0.408 e. The molecule has 23 heavy (non-hydrogen) atoms. The molecule has 0 bridgehead atoms. The minimum atomic E-state index is -0.700. The SMILES string of the molecule is CC(=O)c1ccc2c(c1)oc(=O)n2C(C)C(=O)c1ccccc1. The molecule has 0 aliphatic carbocycles. The summed E-state index contributed by atoms with van der Waals surface area (Å²) in [4.78, 5) is 36.1. The predicted octanol–water partition coefficient (Wildman–Crippen LogP) is 3.24. The second-order valence-corrected chi connectivity index (χ2v) is 5.38. The first kappa shape index (κ1) is 15.0. The number of carbonyl (C=O) groups is 2. The molecule has 0 fully saturated rings. The van der Waals surface area contributed by atoms with Gasteiger partial charge in [0.25, 0.3) is 0 Å². The third kappa shape index (κ3) is 2.61. The van der Waals surface area contributed by atoms with Crippen molar-refractivity contribution in [1.29, 1.82) is 0 Å². The van der Waals surface area contributed by atoms with Crippen LogP contribution in [0.2, 0.25) is 0 Å². The number of carbonyl (C=O) groups excluding carboxylic acids is 2. The lowest BCUT2D eigenvalue weighted by atomic mass is 10.1. The first-order valence-corrected chi connectivity index (χ1v) is 7.24. The Morgan fingerprint density at radius 1 is 1.04 bits per heavy atom. The summed E-state index contributed by atoms with van der Waals surface area (Å²) in [6, 6.07) is 12.9. The van der Waals surface area contributed by atoms with Crippen LogP contribution in [0.25, 0.3) is 11.1 Å². The Balaban J connectivity index is 2.09. The average molecular weight is 309 g/mol. The number of nitrogens with zero attached hydrogens (tertiary/aromatic N) is 1. The van der Waals surface area contributed by atoms with Gasteiger partial charge in [0.2, 0.25) is 0 Å². The van der Waals surface area contributed by atoms with Crippen LogP contribution in [0.5, 0.6) is 0 Å². The Hall–Kier alpha value is -2.95. The standard InChI is InChI=1S/C18H15NO4/c1-11(17(21)13-6-4-3-5-7-13)19-15-9-8-14(12(2)20)10-16(15)23-18(19)22/h3-11H,1-2H3. The topological polar surface area (TPSA) is 69.3 Å². The quantitative estimate of drug-likeness (QED) is 0.694. The van der Waals surface area contributed by atoms with Gasteiger partial charge in [0.05, 0.1) is 5.52 Å². The van der Waals surface area contributed by atoms with Gasteiger partial charge < -0.3 is 4.42 Å². The normalized spacial score (nSPS) is 12.3. The molecule has 3 aromatic rings. The molecule has 5 heteroatoms. The predicted molar refractivity (Wildman–Crippen MR) is 86.0 cm³/mol. The lowest BCUT2D eigenvalue weighted by Gasteiger charge is -2.11. The number of benzene rings is 2. The molecule has 116 valence electrons. The van der Waals surface area contributed by atoms with Gasteiger partial charge in [0.15, 0.2) is 17.1 Å². The molecule has 1 atom stereocenters. The zero-order valence-electron chi connectivity index (χ0n) is 12.8. The van der Waals surface area contributed by atoms with E-state index in [2.05, 4.69) is 0 Å². The average Bonchev–Trinajstić information content (AvgIpc) is 2.89. The maximum Gasteiger partial charge on any atom is 0.420 e. The summed E-state index contributed by atoms with van der Waals surface area (Å²) < 4.78 is 6.51. The van der Waals surface area contributed by atoms with Crippen molar-refractivity contribution < 1.29 is 14.0 Å². The molecule has 0 spiro atoms. The number of hydrogen-bond acceptors (Lipinski definition) is 4. The first-order valence-electron chi connectivity index (χ1n) is 7.24. The van der Waals surface area contributed by atoms with Gasteiger partial charge in [-0.1, -0.05) is 30.3 Å². The lowest BCUT2D eigenvalue weighted by Crippen LogP contribution is -2.24. The van der Waals surface area contributed by atoms with Crippen LogP contribution in [0.4, 0.5) is 0 Å². The Bertz CT molecular complexity index is 950. The third-order valence-electron chi connectivity index (χ3n) is 3.84. The van der Waals surface area contributed by atoms with Crippen LogP contribution < -0.4 is 5.76 Å². The van der Waals surface area contributed by atoms with E-state index in [0.717, 1.165) is 0 Å². The number of Topliss-reactive ketones (excluding diaryl/α,β-unsaturated/α-hetero) is 2. The molecular formula is C18H15NO4. The van der Waals surface area contributed by atoms with Crippen LogP contribution in [0.3, 0.4) is 0 Å². The fourth-order valence-electron chi connectivity index (χ4n) is 2.58. The van der Waals surface area contributed by atoms with Crippen LogP contribution in [-0.2, 0) is 0 Å². The second kappa shape index (κ2) is 5.68. The van der Waals surface area contributed by atoms with Gasteiger partial charge in [-0.05, 0) is 32.0 Å². The van der Waals surface area contributed by atoms with E-state index in [-0.39, 0.29) is 11.6 Å². The van der Waals surface area contributed by atoms with Gasteiger partial charge in [0.1, 0.15) is 6.04 Å². The summed E-state index contributed by atoms with van der Waals surface area (Å²) in [6.45, 7) is 3.10. The van der Waals surface area contributed by atoms with E-state index in [0.29, 0.717) is 22.2 Å². The summed E-state index contributed by atoms with van der Waals surface area (Å²) in [5, 5.41) is 0. The molecule has 1 aromatic heterocycles. The molecule has 3 rings (SSSR count). The number of ketones is 2. The summed E-state index contributed by atoms with van der Waals surface area (Å²) in [6.07, 6.45) is 0. The highest BCUT2D eigenvalue weighted by atomic mass is 16.4. The molecule has 0 radical (unpaired) electrons. The van der Waals surface area contributed by atoms with Gasteiger partial charge >= 0.3 is 5.76 Å². The van der Waals surface area contributed by atoms with Crippen molar-refractivity contribution in [3.63, 3.8) is 0 Å². The first-order chi connectivity index (χ1) is 11.0. The highest BCUT2D eigenvalue weighted by molar-refractivity contribution is 6.00. The highest BCUT2D eigenvalue weighted by Gasteiger charge is 2.22. The Morgan fingerprint density at radius 3 is 2.39 bits per heavy atom. The Labute approximate surface area is 132 Å². The van der Waals surface area contributed by atoms with Crippen molar-refractivity contribution in [2.75, 3.05) is 0 Å². The van der Waals surface area contributed by atoms with Crippen molar-refractivity contribution in [3.8, 4) is 0 Å². The van der Waals surface area contributed by atoms with Crippen molar-refractivity contribution in [2.45, 2.75) is 19.9 Å². The maximum atomic E-state index is 12.6. The molecule has 0 aliphatic rings. The molecule has 0 aliphatic heterocycles. The molecule has 0 amide bonds. The molecule has 0 saturated heterocycles. The molecule has 2 aromatic carbocycles. The van der Waals surface area contributed by atoms with E-state index in [1.54, 1.807) is 43.3 Å². The van der Waals surface area contributed by atoms with Crippen molar-refractivity contribution in [1.82, 2.24) is 4.57 Å². The van der Waals surface area contributed by atoms with Crippen molar-refractivity contribution in [3.05, 3.63) is 70.2 Å². The van der Waals surface area contributed by atoms with Crippen LogP contribution in [0.1, 0.15) is 40.6 Å². The number of rotatable bonds is 4. The third-order valence-corrected chi connectivity index (χ3v) is 3.84. The van der Waals surface area contributed by atoms with Gasteiger partial charge in [-0.2, -0.15) is 0 Å². The number of aromatic nitrogens is 1. The van der Waals surface area contributed by atoms with E-state index >= 15 is 0 Å².